The molecule has 0 amide bonds. The summed E-state index contributed by atoms with van der Waals surface area (Å²) in [5.41, 5.74) is 0.520. The summed E-state index contributed by atoms with van der Waals surface area (Å²) < 4.78 is 10.6. The van der Waals surface area contributed by atoms with E-state index in [9.17, 15) is 4.79 Å². The molecule has 4 heteroatoms. The van der Waals surface area contributed by atoms with Crippen LogP contribution in [0.5, 0.6) is 5.75 Å². The maximum Gasteiger partial charge on any atom is 0.329 e. The average molecular weight is 293 g/mol. The summed E-state index contributed by atoms with van der Waals surface area (Å²) in [6.07, 6.45) is 0. The molecule has 0 aliphatic rings. The molecule has 0 spiro atoms. The highest BCUT2D eigenvalue weighted by molar-refractivity contribution is 5.80. The number of hydrogen-bond donors (Lipinski definition) is 1. The minimum Gasteiger partial charge on any atom is -0.491 e. The van der Waals surface area contributed by atoms with Crippen molar-refractivity contribution >= 4 is 5.97 Å². The van der Waals surface area contributed by atoms with Gasteiger partial charge < -0.3 is 9.47 Å². The Bertz CT molecular complexity index is 462. The van der Waals surface area contributed by atoms with Gasteiger partial charge in [-0.2, -0.15) is 0 Å². The van der Waals surface area contributed by atoms with Gasteiger partial charge in [-0.1, -0.05) is 39.8 Å². The van der Waals surface area contributed by atoms with E-state index in [2.05, 4.69) is 38.2 Å². The molecule has 1 rings (SSSR count). The van der Waals surface area contributed by atoms with Crippen molar-refractivity contribution < 1.29 is 14.3 Å². The van der Waals surface area contributed by atoms with E-state index in [0.717, 1.165) is 5.75 Å². The van der Waals surface area contributed by atoms with Crippen molar-refractivity contribution in [3.05, 3.63) is 29.8 Å². The Morgan fingerprint density at radius 1 is 1.14 bits per heavy atom. The number of benzene rings is 1. The number of nitrogens with one attached hydrogen (secondary N) is 1. The highest BCUT2D eigenvalue weighted by Crippen LogP contribution is 2.24. The van der Waals surface area contributed by atoms with Crippen LogP contribution in [0.1, 0.15) is 40.2 Å². The molecule has 0 saturated carbocycles. The van der Waals surface area contributed by atoms with Gasteiger partial charge in [0, 0.05) is 0 Å². The maximum atomic E-state index is 11.9. The smallest absolute Gasteiger partial charge is 0.329 e. The largest absolute Gasteiger partial charge is 0.491 e. The van der Waals surface area contributed by atoms with Crippen LogP contribution < -0.4 is 10.1 Å². The summed E-state index contributed by atoms with van der Waals surface area (Å²) in [6, 6.07) is 7.98. The molecule has 1 atom stereocenters. The lowest BCUT2D eigenvalue weighted by Gasteiger charge is -2.27. The van der Waals surface area contributed by atoms with Crippen LogP contribution in [0, 0.1) is 0 Å². The van der Waals surface area contributed by atoms with Crippen LogP contribution in [-0.2, 0) is 14.9 Å². The molecule has 1 N–H and O–H groups in total. The summed E-state index contributed by atoms with van der Waals surface area (Å²) in [4.78, 5) is 11.9. The third kappa shape index (κ3) is 4.74. The van der Waals surface area contributed by atoms with Crippen LogP contribution in [0.15, 0.2) is 24.3 Å². The number of esters is 1. The van der Waals surface area contributed by atoms with Crippen molar-refractivity contribution in [2.24, 2.45) is 0 Å². The first-order valence-electron chi connectivity index (χ1n) is 7.29. The molecule has 1 aromatic carbocycles. The quantitative estimate of drug-likeness (QED) is 0.819. The molecular formula is C17H27NO3. The second-order valence-corrected chi connectivity index (χ2v) is 6.42. The number of carbonyl (C=O) groups is 1. The zero-order chi connectivity index (χ0) is 16.1. The third-order valence-corrected chi connectivity index (χ3v) is 3.45. The zero-order valence-electron chi connectivity index (χ0n) is 13.9. The minimum atomic E-state index is -0.841. The van der Waals surface area contributed by atoms with Gasteiger partial charge in [0.2, 0.25) is 0 Å². The van der Waals surface area contributed by atoms with Crippen LogP contribution in [0.4, 0.5) is 0 Å². The molecule has 4 nitrogen and oxygen atoms in total. The first-order chi connectivity index (χ1) is 9.73. The van der Waals surface area contributed by atoms with E-state index in [4.69, 9.17) is 9.47 Å². The van der Waals surface area contributed by atoms with Crippen LogP contribution in [0.2, 0.25) is 0 Å². The Morgan fingerprint density at radius 3 is 2.14 bits per heavy atom. The predicted molar refractivity (Wildman–Crippen MR) is 84.7 cm³/mol. The third-order valence-electron chi connectivity index (χ3n) is 3.45. The van der Waals surface area contributed by atoms with Gasteiger partial charge in [0.1, 0.15) is 17.9 Å². The van der Waals surface area contributed by atoms with Gasteiger partial charge in [-0.05, 0) is 36.6 Å². The number of ether oxygens (including phenoxy) is 2. The second kappa shape index (κ2) is 6.94. The van der Waals surface area contributed by atoms with E-state index in [1.54, 1.807) is 6.92 Å². The van der Waals surface area contributed by atoms with Crippen molar-refractivity contribution in [3.8, 4) is 5.75 Å². The topological polar surface area (TPSA) is 47.6 Å². The molecule has 0 bridgehead atoms. The molecule has 0 aliphatic heterocycles. The fourth-order valence-electron chi connectivity index (χ4n) is 2.08. The SMILES string of the molecule is CCNC(C)(COc1ccc(C(C)(C)C)cc1)C(=O)OC. The summed E-state index contributed by atoms with van der Waals surface area (Å²) >= 11 is 0. The van der Waals surface area contributed by atoms with Gasteiger partial charge in [-0.3, -0.25) is 5.32 Å². The van der Waals surface area contributed by atoms with Crippen LogP contribution in [-0.4, -0.2) is 31.8 Å². The lowest BCUT2D eigenvalue weighted by Crippen LogP contribution is -2.54. The second-order valence-electron chi connectivity index (χ2n) is 6.42. The van der Waals surface area contributed by atoms with E-state index in [1.807, 2.05) is 19.1 Å². The molecule has 1 aromatic rings. The first kappa shape index (κ1) is 17.5. The van der Waals surface area contributed by atoms with Crippen LogP contribution >= 0.6 is 0 Å². The Balaban J connectivity index is 2.75. The van der Waals surface area contributed by atoms with E-state index in [-0.39, 0.29) is 18.0 Å². The molecule has 0 radical (unpaired) electrons. The normalized spacial score (nSPS) is 14.4. The molecule has 0 aliphatic carbocycles. The van der Waals surface area contributed by atoms with Crippen LogP contribution in [0.25, 0.3) is 0 Å². The van der Waals surface area contributed by atoms with Crippen LogP contribution in [0.3, 0.4) is 0 Å². The molecule has 0 aromatic heterocycles. The Morgan fingerprint density at radius 2 is 1.71 bits per heavy atom. The van der Waals surface area contributed by atoms with Gasteiger partial charge in [0.05, 0.1) is 7.11 Å². The van der Waals surface area contributed by atoms with E-state index in [0.29, 0.717) is 6.54 Å². The molecule has 1 unspecified atom stereocenters. The van der Waals surface area contributed by atoms with Gasteiger partial charge in [0.15, 0.2) is 0 Å². The van der Waals surface area contributed by atoms with Crippen molar-refractivity contribution in [2.75, 3.05) is 20.3 Å². The van der Waals surface area contributed by atoms with E-state index in [1.165, 1.54) is 12.7 Å². The fraction of sp³-hybridized carbons (Fsp3) is 0.588. The summed E-state index contributed by atoms with van der Waals surface area (Å²) in [5, 5.41) is 3.12. The van der Waals surface area contributed by atoms with Gasteiger partial charge in [-0.15, -0.1) is 0 Å². The zero-order valence-corrected chi connectivity index (χ0v) is 13.9. The molecule has 0 fully saturated rings. The molecular weight excluding hydrogens is 266 g/mol. The number of hydrogen-bond acceptors (Lipinski definition) is 4. The van der Waals surface area contributed by atoms with Crippen molar-refractivity contribution in [2.45, 2.75) is 45.6 Å². The van der Waals surface area contributed by atoms with Crippen molar-refractivity contribution in [1.82, 2.24) is 5.32 Å². The Kier molecular flexibility index (Phi) is 5.78. The summed E-state index contributed by atoms with van der Waals surface area (Å²) in [6.45, 7) is 11.1. The van der Waals surface area contributed by atoms with Crippen molar-refractivity contribution in [1.29, 1.82) is 0 Å². The molecule has 21 heavy (non-hydrogen) atoms. The monoisotopic (exact) mass is 293 g/mol. The molecule has 118 valence electrons. The predicted octanol–water partition coefficient (Wildman–Crippen LogP) is 2.90. The summed E-state index contributed by atoms with van der Waals surface area (Å²) in [7, 11) is 1.38. The lowest BCUT2D eigenvalue weighted by atomic mass is 9.87. The van der Waals surface area contributed by atoms with Gasteiger partial charge in [-0.25, -0.2) is 4.79 Å². The molecule has 0 heterocycles. The minimum absolute atomic E-state index is 0.114. The summed E-state index contributed by atoms with van der Waals surface area (Å²) in [5.74, 6) is 0.423. The van der Waals surface area contributed by atoms with E-state index >= 15 is 0 Å². The molecule has 0 saturated heterocycles. The van der Waals surface area contributed by atoms with Gasteiger partial charge in [0.25, 0.3) is 0 Å². The maximum absolute atomic E-state index is 11.9. The van der Waals surface area contributed by atoms with Crippen molar-refractivity contribution in [3.63, 3.8) is 0 Å². The lowest BCUT2D eigenvalue weighted by molar-refractivity contribution is -0.149. The average Bonchev–Trinajstić information content (AvgIpc) is 2.44. The first-order valence-corrected chi connectivity index (χ1v) is 7.29. The number of rotatable bonds is 6. The Labute approximate surface area is 127 Å². The van der Waals surface area contributed by atoms with Gasteiger partial charge >= 0.3 is 5.97 Å². The highest BCUT2D eigenvalue weighted by Gasteiger charge is 2.34. The Hall–Kier alpha value is -1.55. The fourth-order valence-corrected chi connectivity index (χ4v) is 2.08. The van der Waals surface area contributed by atoms with E-state index < -0.39 is 5.54 Å². The number of carbonyl (C=O) groups excluding carboxylic acids is 1. The highest BCUT2D eigenvalue weighted by atomic mass is 16.5. The standard InChI is InChI=1S/C17H27NO3/c1-7-18-17(5,15(19)20-6)12-21-14-10-8-13(9-11-14)16(2,3)4/h8-11,18H,7,12H2,1-6H3. The number of methoxy groups -OCH3 is 1. The number of likely N-dealkylation sites (N-methyl/N-ethyl adjacent to an activating group) is 1.